The van der Waals surface area contributed by atoms with Gasteiger partial charge in [-0.15, -0.1) is 0 Å². The zero-order valence-electron chi connectivity index (χ0n) is 16.4. The molecule has 2 fully saturated rings. The number of aromatic nitrogens is 1. The van der Waals surface area contributed by atoms with E-state index >= 15 is 0 Å². The molecule has 1 aromatic carbocycles. The highest BCUT2D eigenvalue weighted by atomic mass is 16.1. The maximum absolute atomic E-state index is 12.8. The summed E-state index contributed by atoms with van der Waals surface area (Å²) in [6.45, 7) is 2.65. The molecular weight excluding hydrogens is 348 g/mol. The van der Waals surface area contributed by atoms with Crippen LogP contribution in [-0.2, 0) is 0 Å². The van der Waals surface area contributed by atoms with Gasteiger partial charge in [0.05, 0.1) is 0 Å². The minimum Gasteiger partial charge on any atom is -0.353 e. The van der Waals surface area contributed by atoms with Crippen LogP contribution in [0.3, 0.4) is 0 Å². The summed E-state index contributed by atoms with van der Waals surface area (Å²) in [5.74, 6) is 0.918. The molecule has 148 valence electrons. The van der Waals surface area contributed by atoms with Crippen molar-refractivity contribution < 1.29 is 4.79 Å². The minimum atomic E-state index is 0.0327. The summed E-state index contributed by atoms with van der Waals surface area (Å²) in [6, 6.07) is 14.9. The molecule has 1 aromatic heterocycles. The molecule has 2 aliphatic rings. The molecule has 1 aliphatic carbocycles. The zero-order valence-corrected chi connectivity index (χ0v) is 16.4. The van der Waals surface area contributed by atoms with Gasteiger partial charge >= 0.3 is 0 Å². The average Bonchev–Trinajstić information content (AvgIpc) is 3.03. The van der Waals surface area contributed by atoms with Crippen molar-refractivity contribution in [2.75, 3.05) is 24.5 Å². The number of nitrogens with zero attached hydrogens (tertiary/aromatic N) is 2. The van der Waals surface area contributed by atoms with E-state index < -0.39 is 0 Å². The molecule has 2 N–H and O–H groups in total. The molecule has 0 spiro atoms. The first-order valence-electron chi connectivity index (χ1n) is 10.6. The fraction of sp³-hybridized carbons (Fsp3) is 0.478. The monoisotopic (exact) mass is 378 g/mol. The van der Waals surface area contributed by atoms with Gasteiger partial charge in [0.1, 0.15) is 5.82 Å². The SMILES string of the molecule is O=C(NC1CCCCCC1)c1ccnc(N2CCN[C@H](c3ccccc3)C2)c1. The van der Waals surface area contributed by atoms with Crippen molar-refractivity contribution in [3.8, 4) is 0 Å². The Bertz CT molecular complexity index is 771. The van der Waals surface area contributed by atoms with E-state index in [-0.39, 0.29) is 11.9 Å². The highest BCUT2D eigenvalue weighted by Crippen LogP contribution is 2.22. The Kier molecular flexibility index (Phi) is 6.22. The number of carbonyl (C=O) groups is 1. The number of piperazine rings is 1. The average molecular weight is 379 g/mol. The second-order valence-corrected chi connectivity index (χ2v) is 7.93. The molecule has 1 atom stereocenters. The van der Waals surface area contributed by atoms with Gasteiger partial charge in [0.15, 0.2) is 0 Å². The smallest absolute Gasteiger partial charge is 0.251 e. The van der Waals surface area contributed by atoms with Crippen LogP contribution in [0.4, 0.5) is 5.82 Å². The summed E-state index contributed by atoms with van der Waals surface area (Å²) in [7, 11) is 0. The van der Waals surface area contributed by atoms with Crippen LogP contribution in [0.5, 0.6) is 0 Å². The van der Waals surface area contributed by atoms with Crippen LogP contribution in [0.15, 0.2) is 48.7 Å². The summed E-state index contributed by atoms with van der Waals surface area (Å²) in [5.41, 5.74) is 2.00. The molecule has 2 heterocycles. The van der Waals surface area contributed by atoms with Crippen LogP contribution < -0.4 is 15.5 Å². The molecule has 2 aromatic rings. The number of anilines is 1. The van der Waals surface area contributed by atoms with E-state index in [2.05, 4.69) is 44.8 Å². The van der Waals surface area contributed by atoms with E-state index in [1.54, 1.807) is 6.20 Å². The van der Waals surface area contributed by atoms with Gasteiger partial charge in [-0.25, -0.2) is 4.98 Å². The topological polar surface area (TPSA) is 57.3 Å². The second-order valence-electron chi connectivity index (χ2n) is 7.93. The van der Waals surface area contributed by atoms with E-state index in [4.69, 9.17) is 0 Å². The summed E-state index contributed by atoms with van der Waals surface area (Å²) in [6.07, 6.45) is 8.97. The third-order valence-corrected chi connectivity index (χ3v) is 5.90. The van der Waals surface area contributed by atoms with Crippen LogP contribution in [0.2, 0.25) is 0 Å². The largest absolute Gasteiger partial charge is 0.353 e. The van der Waals surface area contributed by atoms with Gasteiger partial charge in [0, 0.05) is 43.5 Å². The lowest BCUT2D eigenvalue weighted by Gasteiger charge is -2.35. The number of carbonyl (C=O) groups excluding carboxylic acids is 1. The maximum atomic E-state index is 12.8. The lowest BCUT2D eigenvalue weighted by atomic mass is 10.0. The van der Waals surface area contributed by atoms with Gasteiger partial charge in [-0.3, -0.25) is 4.79 Å². The van der Waals surface area contributed by atoms with E-state index in [1.807, 2.05) is 18.2 Å². The first kappa shape index (κ1) is 18.9. The Hall–Kier alpha value is -2.40. The summed E-state index contributed by atoms with van der Waals surface area (Å²) in [5, 5.41) is 6.83. The van der Waals surface area contributed by atoms with Crippen molar-refractivity contribution >= 4 is 11.7 Å². The van der Waals surface area contributed by atoms with Crippen LogP contribution in [0.25, 0.3) is 0 Å². The highest BCUT2D eigenvalue weighted by Gasteiger charge is 2.22. The quantitative estimate of drug-likeness (QED) is 0.797. The molecule has 5 heteroatoms. The Labute approximate surface area is 167 Å². The molecule has 1 saturated carbocycles. The number of amides is 1. The van der Waals surface area contributed by atoms with Crippen molar-refractivity contribution in [1.29, 1.82) is 0 Å². The number of nitrogens with one attached hydrogen (secondary N) is 2. The van der Waals surface area contributed by atoms with Crippen LogP contribution in [-0.4, -0.2) is 36.6 Å². The van der Waals surface area contributed by atoms with Crippen molar-refractivity contribution in [1.82, 2.24) is 15.6 Å². The first-order valence-corrected chi connectivity index (χ1v) is 10.6. The fourth-order valence-electron chi connectivity index (χ4n) is 4.29. The molecule has 1 aliphatic heterocycles. The molecule has 0 bridgehead atoms. The maximum Gasteiger partial charge on any atom is 0.251 e. The number of hydrogen-bond donors (Lipinski definition) is 2. The fourth-order valence-corrected chi connectivity index (χ4v) is 4.29. The predicted molar refractivity (Wildman–Crippen MR) is 113 cm³/mol. The van der Waals surface area contributed by atoms with Gasteiger partial charge < -0.3 is 15.5 Å². The van der Waals surface area contributed by atoms with Gasteiger partial charge in [-0.2, -0.15) is 0 Å². The number of rotatable bonds is 4. The number of pyridine rings is 1. The molecule has 0 radical (unpaired) electrons. The standard InChI is InChI=1S/C23H30N4O/c28-23(26-20-10-6-1-2-7-11-20)19-12-13-25-22(16-19)27-15-14-24-21(17-27)18-8-4-3-5-9-18/h3-5,8-9,12-13,16,20-21,24H,1-2,6-7,10-11,14-15,17H2,(H,26,28)/t21-/m0/s1. The molecule has 1 saturated heterocycles. The number of benzene rings is 1. The molecule has 5 nitrogen and oxygen atoms in total. The van der Waals surface area contributed by atoms with E-state index in [0.717, 1.165) is 38.3 Å². The molecule has 0 unspecified atom stereocenters. The first-order chi connectivity index (χ1) is 13.8. The molecule has 1 amide bonds. The highest BCUT2D eigenvalue weighted by molar-refractivity contribution is 5.95. The Balaban J connectivity index is 1.43. The number of hydrogen-bond acceptors (Lipinski definition) is 4. The Morgan fingerprint density at radius 3 is 2.64 bits per heavy atom. The van der Waals surface area contributed by atoms with Crippen molar-refractivity contribution in [2.45, 2.75) is 50.6 Å². The molecule has 4 rings (SSSR count). The third kappa shape index (κ3) is 4.71. The van der Waals surface area contributed by atoms with E-state index in [0.29, 0.717) is 11.6 Å². The predicted octanol–water partition coefficient (Wildman–Crippen LogP) is 3.69. The van der Waals surface area contributed by atoms with Gasteiger partial charge in [-0.1, -0.05) is 56.0 Å². The lowest BCUT2D eigenvalue weighted by molar-refractivity contribution is 0.0933. The van der Waals surface area contributed by atoms with E-state index in [9.17, 15) is 4.79 Å². The zero-order chi connectivity index (χ0) is 19.2. The van der Waals surface area contributed by atoms with Crippen LogP contribution in [0.1, 0.15) is 60.5 Å². The van der Waals surface area contributed by atoms with E-state index in [1.165, 1.54) is 31.2 Å². The summed E-state index contributed by atoms with van der Waals surface area (Å²) < 4.78 is 0. The van der Waals surface area contributed by atoms with Crippen molar-refractivity contribution in [3.63, 3.8) is 0 Å². The van der Waals surface area contributed by atoms with Crippen molar-refractivity contribution in [2.24, 2.45) is 0 Å². The Morgan fingerprint density at radius 2 is 1.86 bits per heavy atom. The van der Waals surface area contributed by atoms with Gasteiger partial charge in [-0.05, 0) is 30.5 Å². The second kappa shape index (κ2) is 9.20. The molecule has 28 heavy (non-hydrogen) atoms. The molecular formula is C23H30N4O. The lowest BCUT2D eigenvalue weighted by Crippen LogP contribution is -2.46. The van der Waals surface area contributed by atoms with Crippen LogP contribution >= 0.6 is 0 Å². The third-order valence-electron chi connectivity index (χ3n) is 5.90. The minimum absolute atomic E-state index is 0.0327. The van der Waals surface area contributed by atoms with Gasteiger partial charge in [0.2, 0.25) is 0 Å². The van der Waals surface area contributed by atoms with Gasteiger partial charge in [0.25, 0.3) is 5.91 Å². The van der Waals surface area contributed by atoms with Crippen molar-refractivity contribution in [3.05, 3.63) is 59.8 Å². The Morgan fingerprint density at radius 1 is 1.07 bits per heavy atom. The normalized spacial score (nSPS) is 21.1. The van der Waals surface area contributed by atoms with Crippen LogP contribution in [0, 0.1) is 0 Å². The summed E-state index contributed by atoms with van der Waals surface area (Å²) >= 11 is 0. The summed E-state index contributed by atoms with van der Waals surface area (Å²) in [4.78, 5) is 19.6.